The number of amides is 1. The fourth-order valence-electron chi connectivity index (χ4n) is 6.36. The molecule has 1 fully saturated rings. The van der Waals surface area contributed by atoms with Gasteiger partial charge in [-0.2, -0.15) is 0 Å². The maximum atomic E-state index is 13.2. The number of carbonyl (C=O) groups excluding carboxylic acids is 2. The van der Waals surface area contributed by atoms with E-state index >= 15 is 0 Å². The second-order valence-electron chi connectivity index (χ2n) is 11.4. The number of ketones is 1. The molecule has 39 heavy (non-hydrogen) atoms. The number of fused-ring (bicyclic) bond motifs is 2. The monoisotopic (exact) mass is 527 g/mol. The molecule has 8 heteroatoms. The number of anilines is 1. The summed E-state index contributed by atoms with van der Waals surface area (Å²) in [5.74, 6) is 1.01. The van der Waals surface area contributed by atoms with Crippen LogP contribution < -0.4 is 5.32 Å². The topological polar surface area (TPSA) is 91.0 Å². The van der Waals surface area contributed by atoms with E-state index in [1.165, 1.54) is 25.9 Å². The van der Waals surface area contributed by atoms with E-state index in [1.54, 1.807) is 0 Å². The molecule has 6 rings (SSSR count). The number of allylic oxidation sites excluding steroid dienone is 4. The van der Waals surface area contributed by atoms with Gasteiger partial charge in [0.2, 0.25) is 0 Å². The maximum Gasteiger partial charge on any atom is 0.254 e. The summed E-state index contributed by atoms with van der Waals surface area (Å²) in [5.41, 5.74) is 8.14. The largest absolute Gasteiger partial charge is 0.361 e. The number of hydrogen-bond acceptors (Lipinski definition) is 7. The van der Waals surface area contributed by atoms with Crippen molar-refractivity contribution in [2.24, 2.45) is 4.99 Å². The Bertz CT molecular complexity index is 1390. The lowest BCUT2D eigenvalue weighted by Gasteiger charge is -2.19. The van der Waals surface area contributed by atoms with Crippen molar-refractivity contribution in [3.8, 4) is 0 Å². The molecule has 204 valence electrons. The number of benzene rings is 1. The molecule has 1 amide bonds. The van der Waals surface area contributed by atoms with Crippen LogP contribution in [0.15, 0.2) is 45.1 Å². The lowest BCUT2D eigenvalue weighted by Crippen LogP contribution is -2.29. The first-order chi connectivity index (χ1) is 18.9. The molecule has 1 atom stereocenters. The SMILES string of the molecule is Cc1noc(C)c1CC(C)N=C1C=CCC(=O)C1=C1Cc2cc3c(cc2N1)CN(CCCN1CCCC1)C3=O. The Morgan fingerprint density at radius 1 is 1.13 bits per heavy atom. The number of likely N-dealkylation sites (tertiary alicyclic amines) is 1. The van der Waals surface area contributed by atoms with Gasteiger partial charge in [-0.05, 0) is 95.4 Å². The minimum absolute atomic E-state index is 0.0374. The second kappa shape index (κ2) is 10.6. The van der Waals surface area contributed by atoms with Gasteiger partial charge < -0.3 is 19.6 Å². The average Bonchev–Trinajstić information content (AvgIpc) is 3.69. The number of aryl methyl sites for hydroxylation is 2. The zero-order valence-electron chi connectivity index (χ0n) is 23.2. The number of rotatable bonds is 7. The summed E-state index contributed by atoms with van der Waals surface area (Å²) in [7, 11) is 0. The van der Waals surface area contributed by atoms with E-state index < -0.39 is 0 Å². The van der Waals surface area contributed by atoms with E-state index in [0.29, 0.717) is 37.1 Å². The van der Waals surface area contributed by atoms with Crippen LogP contribution in [0.3, 0.4) is 0 Å². The first-order valence-corrected chi connectivity index (χ1v) is 14.2. The summed E-state index contributed by atoms with van der Waals surface area (Å²) in [6.45, 7) is 10.8. The van der Waals surface area contributed by atoms with Gasteiger partial charge >= 0.3 is 0 Å². The molecule has 4 heterocycles. The van der Waals surface area contributed by atoms with Crippen molar-refractivity contribution in [1.29, 1.82) is 0 Å². The molecule has 3 aliphatic heterocycles. The molecule has 1 aromatic carbocycles. The summed E-state index contributed by atoms with van der Waals surface area (Å²) in [6, 6.07) is 4.11. The number of hydrogen-bond donors (Lipinski definition) is 1. The molecule has 2 aromatic rings. The van der Waals surface area contributed by atoms with Crippen molar-refractivity contribution in [2.45, 2.75) is 71.9 Å². The van der Waals surface area contributed by atoms with E-state index in [0.717, 1.165) is 64.6 Å². The normalized spacial score (nSPS) is 22.6. The van der Waals surface area contributed by atoms with E-state index in [2.05, 4.69) is 28.4 Å². The van der Waals surface area contributed by atoms with Gasteiger partial charge in [0.05, 0.1) is 23.0 Å². The maximum absolute atomic E-state index is 13.2. The number of nitrogens with one attached hydrogen (secondary N) is 1. The molecular weight excluding hydrogens is 490 g/mol. The van der Waals surface area contributed by atoms with E-state index in [-0.39, 0.29) is 17.7 Å². The number of nitrogens with zero attached hydrogens (tertiary/aromatic N) is 4. The van der Waals surface area contributed by atoms with Gasteiger partial charge in [-0.25, -0.2) is 0 Å². The van der Waals surface area contributed by atoms with Gasteiger partial charge in [-0.1, -0.05) is 11.2 Å². The lowest BCUT2D eigenvalue weighted by atomic mass is 9.93. The van der Waals surface area contributed by atoms with Crippen LogP contribution in [0.1, 0.15) is 71.1 Å². The Kier molecular flexibility index (Phi) is 6.97. The molecule has 1 aromatic heterocycles. The van der Waals surface area contributed by atoms with Gasteiger partial charge in [0.25, 0.3) is 5.91 Å². The second-order valence-corrected chi connectivity index (χ2v) is 11.4. The van der Waals surface area contributed by atoms with Crippen LogP contribution in [0.4, 0.5) is 5.69 Å². The Hall–Kier alpha value is -3.52. The predicted octanol–water partition coefficient (Wildman–Crippen LogP) is 4.56. The van der Waals surface area contributed by atoms with Crippen LogP contribution in [0.2, 0.25) is 0 Å². The minimum atomic E-state index is -0.0374. The molecule has 8 nitrogen and oxygen atoms in total. The fraction of sp³-hybridized carbons (Fsp3) is 0.484. The standard InChI is InChI=1S/C31H37N5O3/c1-19(14-24-20(2)34-39-21(24)3)32-26-8-6-9-29(37)30(26)28-16-22-15-25-23(17-27(22)33-28)18-36(31(25)38)13-7-12-35-10-4-5-11-35/h6,8,15,17,19,33H,4-5,7,9-14,16,18H2,1-3H3. The molecule has 1 aliphatic carbocycles. The zero-order valence-corrected chi connectivity index (χ0v) is 23.2. The van der Waals surface area contributed by atoms with Gasteiger partial charge in [0.15, 0.2) is 5.78 Å². The van der Waals surface area contributed by atoms with Crippen molar-refractivity contribution in [2.75, 3.05) is 31.5 Å². The summed E-state index contributed by atoms with van der Waals surface area (Å²) < 4.78 is 5.31. The highest BCUT2D eigenvalue weighted by atomic mass is 16.5. The minimum Gasteiger partial charge on any atom is -0.361 e. The molecule has 0 spiro atoms. The van der Waals surface area contributed by atoms with Crippen LogP contribution in [-0.2, 0) is 24.2 Å². The van der Waals surface area contributed by atoms with Crippen LogP contribution >= 0.6 is 0 Å². The average molecular weight is 528 g/mol. The molecule has 1 saturated heterocycles. The zero-order chi connectivity index (χ0) is 27.1. The number of carbonyl (C=O) groups is 2. The molecule has 0 saturated carbocycles. The first kappa shape index (κ1) is 25.7. The van der Waals surface area contributed by atoms with Crippen LogP contribution in [-0.4, -0.2) is 64.6 Å². The number of Topliss-reactive ketones (excluding diaryl/α,β-unsaturated/α-hetero) is 1. The third-order valence-electron chi connectivity index (χ3n) is 8.42. The lowest BCUT2D eigenvalue weighted by molar-refractivity contribution is -0.114. The van der Waals surface area contributed by atoms with Crippen molar-refractivity contribution in [3.63, 3.8) is 0 Å². The predicted molar refractivity (Wildman–Crippen MR) is 151 cm³/mol. The van der Waals surface area contributed by atoms with Crippen LogP contribution in [0.25, 0.3) is 0 Å². The van der Waals surface area contributed by atoms with Crippen LogP contribution in [0, 0.1) is 13.8 Å². The van der Waals surface area contributed by atoms with Gasteiger partial charge in [-0.3, -0.25) is 14.6 Å². The third kappa shape index (κ3) is 5.10. The third-order valence-corrected chi connectivity index (χ3v) is 8.42. The molecule has 4 aliphatic rings. The summed E-state index contributed by atoms with van der Waals surface area (Å²) in [4.78, 5) is 35.8. The number of aliphatic imine (C=N–C) groups is 1. The van der Waals surface area contributed by atoms with E-state index in [9.17, 15) is 9.59 Å². The van der Waals surface area contributed by atoms with E-state index in [4.69, 9.17) is 9.52 Å². The van der Waals surface area contributed by atoms with E-state index in [1.807, 2.05) is 37.0 Å². The van der Waals surface area contributed by atoms with Crippen molar-refractivity contribution < 1.29 is 14.1 Å². The molecule has 0 bridgehead atoms. The molecule has 1 unspecified atom stereocenters. The Balaban J connectivity index is 1.18. The molecule has 1 N–H and O–H groups in total. The highest BCUT2D eigenvalue weighted by Gasteiger charge is 2.32. The summed E-state index contributed by atoms with van der Waals surface area (Å²) >= 11 is 0. The quantitative estimate of drug-likeness (QED) is 0.531. The smallest absolute Gasteiger partial charge is 0.254 e. The van der Waals surface area contributed by atoms with Gasteiger partial charge in [-0.15, -0.1) is 0 Å². The van der Waals surface area contributed by atoms with Crippen LogP contribution in [0.5, 0.6) is 0 Å². The van der Waals surface area contributed by atoms with Gasteiger partial charge in [0, 0.05) is 48.4 Å². The number of aromatic nitrogens is 1. The Morgan fingerprint density at radius 3 is 2.72 bits per heavy atom. The summed E-state index contributed by atoms with van der Waals surface area (Å²) in [5, 5.41) is 7.58. The Labute approximate surface area is 229 Å². The fourth-order valence-corrected chi connectivity index (χ4v) is 6.36. The van der Waals surface area contributed by atoms with Gasteiger partial charge in [0.1, 0.15) is 5.76 Å². The summed E-state index contributed by atoms with van der Waals surface area (Å²) in [6.07, 6.45) is 9.12. The van der Waals surface area contributed by atoms with Crippen molar-refractivity contribution >= 4 is 23.1 Å². The Morgan fingerprint density at radius 2 is 1.95 bits per heavy atom. The van der Waals surface area contributed by atoms with Crippen molar-refractivity contribution in [3.05, 3.63) is 69.3 Å². The highest BCUT2D eigenvalue weighted by molar-refractivity contribution is 6.29. The first-order valence-electron chi connectivity index (χ1n) is 14.2. The van der Waals surface area contributed by atoms with Crippen molar-refractivity contribution in [1.82, 2.24) is 15.0 Å². The molecule has 0 radical (unpaired) electrons. The molecular formula is C31H37N5O3. The highest BCUT2D eigenvalue weighted by Crippen LogP contribution is 2.36.